The molecule has 0 aliphatic carbocycles. The highest BCUT2D eigenvalue weighted by Gasteiger charge is 2.47. The maximum absolute atomic E-state index is 11.7. The van der Waals surface area contributed by atoms with E-state index >= 15 is 0 Å². The van der Waals surface area contributed by atoms with Gasteiger partial charge < -0.3 is 5.32 Å². The number of rotatable bonds is 3. The van der Waals surface area contributed by atoms with Crippen LogP contribution in [-0.2, 0) is 11.3 Å². The molecule has 0 bridgehead atoms. The van der Waals surface area contributed by atoms with Crippen LogP contribution in [0.4, 0.5) is 0 Å². The fourth-order valence-corrected chi connectivity index (χ4v) is 4.97. The Kier molecular flexibility index (Phi) is 3.87. The van der Waals surface area contributed by atoms with Gasteiger partial charge in [0.25, 0.3) is 0 Å². The molecule has 4 heteroatoms. The molecule has 2 atom stereocenters. The molecule has 0 unspecified atom stereocenters. The third-order valence-corrected chi connectivity index (χ3v) is 5.86. The number of likely N-dealkylation sites (tertiary alicyclic amines) is 1. The molecule has 20 heavy (non-hydrogen) atoms. The van der Waals surface area contributed by atoms with Crippen molar-refractivity contribution in [3.63, 3.8) is 0 Å². The molecule has 0 radical (unpaired) electrons. The van der Waals surface area contributed by atoms with Crippen molar-refractivity contribution in [2.24, 2.45) is 0 Å². The molecule has 3 heterocycles. The zero-order valence-corrected chi connectivity index (χ0v) is 13.3. The third-order valence-electron chi connectivity index (χ3n) is 4.88. The zero-order valence-electron chi connectivity index (χ0n) is 12.4. The Morgan fingerprint density at radius 3 is 2.90 bits per heavy atom. The lowest BCUT2D eigenvalue weighted by molar-refractivity contribution is -0.120. The minimum atomic E-state index is 0.0520. The third kappa shape index (κ3) is 2.51. The minimum Gasteiger partial charge on any atom is -0.349 e. The number of hydrogen-bond donors (Lipinski definition) is 1. The summed E-state index contributed by atoms with van der Waals surface area (Å²) in [5.41, 5.74) is 0.0520. The first-order chi connectivity index (χ1) is 9.63. The topological polar surface area (TPSA) is 32.3 Å². The molecular weight excluding hydrogens is 268 g/mol. The van der Waals surface area contributed by atoms with Crippen LogP contribution >= 0.6 is 11.3 Å². The Morgan fingerprint density at radius 1 is 1.45 bits per heavy atom. The summed E-state index contributed by atoms with van der Waals surface area (Å²) in [6.45, 7) is 6.62. The van der Waals surface area contributed by atoms with Crippen LogP contribution in [0.5, 0.6) is 0 Å². The highest BCUT2D eigenvalue weighted by Crippen LogP contribution is 2.38. The molecule has 2 saturated heterocycles. The lowest BCUT2D eigenvalue weighted by atomic mass is 9.78. The van der Waals surface area contributed by atoms with Crippen LogP contribution < -0.4 is 5.32 Å². The van der Waals surface area contributed by atoms with Crippen LogP contribution in [0.25, 0.3) is 0 Å². The Hall–Kier alpha value is -0.870. The summed E-state index contributed by atoms with van der Waals surface area (Å²) in [5, 5.41) is 3.31. The van der Waals surface area contributed by atoms with Gasteiger partial charge in [-0.1, -0.05) is 6.92 Å². The van der Waals surface area contributed by atoms with Crippen molar-refractivity contribution in [1.82, 2.24) is 10.2 Å². The molecule has 1 amide bonds. The lowest BCUT2D eigenvalue weighted by Gasteiger charge is -2.48. The number of carbonyl (C=O) groups excluding carboxylic acids is 1. The van der Waals surface area contributed by atoms with Gasteiger partial charge in [0, 0.05) is 28.8 Å². The highest BCUT2D eigenvalue weighted by molar-refractivity contribution is 7.11. The zero-order chi connectivity index (χ0) is 14.2. The molecule has 1 aromatic rings. The average molecular weight is 292 g/mol. The summed E-state index contributed by atoms with van der Waals surface area (Å²) in [6, 6.07) is 4.95. The van der Waals surface area contributed by atoms with Crippen molar-refractivity contribution in [3.8, 4) is 0 Å². The van der Waals surface area contributed by atoms with Crippen LogP contribution in [0, 0.1) is 6.92 Å². The molecule has 2 fully saturated rings. The molecular formula is C16H24N2OS. The lowest BCUT2D eigenvalue weighted by Crippen LogP contribution is -2.61. The molecule has 3 rings (SSSR count). The molecule has 1 spiro atoms. The monoisotopic (exact) mass is 292 g/mol. The Labute approximate surface area is 125 Å². The van der Waals surface area contributed by atoms with E-state index in [2.05, 4.69) is 36.2 Å². The Morgan fingerprint density at radius 2 is 2.30 bits per heavy atom. The predicted molar refractivity (Wildman–Crippen MR) is 82.9 cm³/mol. The number of nitrogens with zero attached hydrogens (tertiary/aromatic N) is 1. The SMILES string of the molecule is CC[C@H]1N(Cc2ccc(C)s2)CCC[C@@]12CCC(=O)N2. The summed E-state index contributed by atoms with van der Waals surface area (Å²) >= 11 is 1.90. The first-order valence-corrected chi connectivity index (χ1v) is 8.55. The molecule has 0 saturated carbocycles. The Bertz CT molecular complexity index is 498. The normalized spacial score (nSPS) is 30.9. The van der Waals surface area contributed by atoms with Gasteiger partial charge in [-0.3, -0.25) is 9.69 Å². The highest BCUT2D eigenvalue weighted by atomic mass is 32.1. The first kappa shape index (κ1) is 14.1. The van der Waals surface area contributed by atoms with Crippen molar-refractivity contribution in [1.29, 1.82) is 0 Å². The van der Waals surface area contributed by atoms with Gasteiger partial charge in [-0.15, -0.1) is 11.3 Å². The van der Waals surface area contributed by atoms with Gasteiger partial charge in [0.15, 0.2) is 0 Å². The van der Waals surface area contributed by atoms with E-state index in [1.54, 1.807) is 0 Å². The molecule has 2 aliphatic heterocycles. The van der Waals surface area contributed by atoms with Crippen molar-refractivity contribution in [3.05, 3.63) is 21.9 Å². The summed E-state index contributed by atoms with van der Waals surface area (Å²) in [5.74, 6) is 0.247. The predicted octanol–water partition coefficient (Wildman–Crippen LogP) is 3.08. The summed E-state index contributed by atoms with van der Waals surface area (Å²) < 4.78 is 0. The number of amides is 1. The van der Waals surface area contributed by atoms with Crippen molar-refractivity contribution >= 4 is 17.2 Å². The van der Waals surface area contributed by atoms with Gasteiger partial charge in [0.1, 0.15) is 0 Å². The number of piperidine rings is 1. The van der Waals surface area contributed by atoms with E-state index in [4.69, 9.17) is 0 Å². The van der Waals surface area contributed by atoms with Gasteiger partial charge in [-0.2, -0.15) is 0 Å². The van der Waals surface area contributed by atoms with Crippen LogP contribution in [0.1, 0.15) is 48.8 Å². The first-order valence-electron chi connectivity index (χ1n) is 7.73. The number of nitrogens with one attached hydrogen (secondary N) is 1. The van der Waals surface area contributed by atoms with E-state index < -0.39 is 0 Å². The van der Waals surface area contributed by atoms with Crippen LogP contribution in [0.15, 0.2) is 12.1 Å². The standard InChI is InChI=1S/C16H24N2OS/c1-3-14-16(9-7-15(19)17-16)8-4-10-18(14)11-13-6-5-12(2)20-13/h5-6,14H,3-4,7-11H2,1-2H3,(H,17,19)/t14-,16-/m1/s1. The number of aryl methyl sites for hydroxylation is 1. The second-order valence-corrected chi connectivity index (χ2v) is 7.59. The van der Waals surface area contributed by atoms with E-state index in [1.165, 1.54) is 16.2 Å². The maximum atomic E-state index is 11.7. The molecule has 1 N–H and O–H groups in total. The molecule has 0 aromatic carbocycles. The number of thiophene rings is 1. The Balaban J connectivity index is 1.78. The summed E-state index contributed by atoms with van der Waals surface area (Å²) in [4.78, 5) is 17.1. The average Bonchev–Trinajstić information content (AvgIpc) is 2.97. The second kappa shape index (κ2) is 5.49. The maximum Gasteiger partial charge on any atom is 0.220 e. The molecule has 1 aromatic heterocycles. The van der Waals surface area contributed by atoms with E-state index in [-0.39, 0.29) is 11.4 Å². The van der Waals surface area contributed by atoms with Crippen molar-refractivity contribution in [2.75, 3.05) is 6.54 Å². The van der Waals surface area contributed by atoms with Crippen LogP contribution in [0.2, 0.25) is 0 Å². The van der Waals surface area contributed by atoms with Gasteiger partial charge in [0.2, 0.25) is 5.91 Å². The van der Waals surface area contributed by atoms with Gasteiger partial charge in [0.05, 0.1) is 5.54 Å². The van der Waals surface area contributed by atoms with Crippen molar-refractivity contribution in [2.45, 2.75) is 64.1 Å². The van der Waals surface area contributed by atoms with E-state index in [0.717, 1.165) is 32.4 Å². The van der Waals surface area contributed by atoms with E-state index in [1.807, 2.05) is 11.3 Å². The molecule has 2 aliphatic rings. The fourth-order valence-electron chi connectivity index (χ4n) is 4.05. The van der Waals surface area contributed by atoms with Gasteiger partial charge in [-0.25, -0.2) is 0 Å². The largest absolute Gasteiger partial charge is 0.349 e. The van der Waals surface area contributed by atoms with E-state index in [9.17, 15) is 4.79 Å². The van der Waals surface area contributed by atoms with Gasteiger partial charge >= 0.3 is 0 Å². The second-order valence-electron chi connectivity index (χ2n) is 6.21. The van der Waals surface area contributed by atoms with Crippen LogP contribution in [-0.4, -0.2) is 28.9 Å². The molecule has 3 nitrogen and oxygen atoms in total. The summed E-state index contributed by atoms with van der Waals surface area (Å²) in [6.07, 6.45) is 5.19. The number of hydrogen-bond acceptors (Lipinski definition) is 3. The quantitative estimate of drug-likeness (QED) is 0.928. The van der Waals surface area contributed by atoms with Crippen molar-refractivity contribution < 1.29 is 4.79 Å². The van der Waals surface area contributed by atoms with Gasteiger partial charge in [-0.05, 0) is 51.3 Å². The number of carbonyl (C=O) groups is 1. The minimum absolute atomic E-state index is 0.0520. The molecule has 110 valence electrons. The van der Waals surface area contributed by atoms with E-state index in [0.29, 0.717) is 12.5 Å². The smallest absolute Gasteiger partial charge is 0.220 e. The fraction of sp³-hybridized carbons (Fsp3) is 0.688. The van der Waals surface area contributed by atoms with Crippen LogP contribution in [0.3, 0.4) is 0 Å². The summed E-state index contributed by atoms with van der Waals surface area (Å²) in [7, 11) is 0.